The summed E-state index contributed by atoms with van der Waals surface area (Å²) in [5, 5.41) is 1.11. The molecule has 122 valence electrons. The summed E-state index contributed by atoms with van der Waals surface area (Å²) >= 11 is 0. The lowest BCUT2D eigenvalue weighted by atomic mass is 10.2. The number of benzene rings is 1. The van der Waals surface area contributed by atoms with Crippen molar-refractivity contribution in [1.29, 1.82) is 0 Å². The fraction of sp³-hybridized carbons (Fsp3) is 0.529. The second-order valence-corrected chi connectivity index (χ2v) is 6.61. The van der Waals surface area contributed by atoms with E-state index < -0.39 is 0 Å². The fourth-order valence-corrected chi connectivity index (χ4v) is 3.44. The molecule has 23 heavy (non-hydrogen) atoms. The molecule has 2 aliphatic rings. The average molecular weight is 312 g/mol. The predicted molar refractivity (Wildman–Crippen MR) is 95.1 cm³/mol. The highest BCUT2D eigenvalue weighted by Gasteiger charge is 2.22. The highest BCUT2D eigenvalue weighted by atomic mass is 15.3. The lowest BCUT2D eigenvalue weighted by Crippen LogP contribution is -2.45. The first kappa shape index (κ1) is 14.5. The lowest BCUT2D eigenvalue weighted by molar-refractivity contribution is 0.311. The van der Waals surface area contributed by atoms with E-state index in [0.29, 0.717) is 0 Å². The van der Waals surface area contributed by atoms with Gasteiger partial charge in [-0.1, -0.05) is 0 Å². The molecule has 2 fully saturated rings. The van der Waals surface area contributed by atoms with Gasteiger partial charge in [0.1, 0.15) is 5.82 Å². The number of nitrogens with two attached hydrogens (primary N) is 1. The third-order valence-electron chi connectivity index (χ3n) is 4.88. The molecule has 0 saturated carbocycles. The fourth-order valence-electron chi connectivity index (χ4n) is 3.44. The quantitative estimate of drug-likeness (QED) is 0.849. The number of rotatable bonds is 2. The van der Waals surface area contributed by atoms with Crippen LogP contribution >= 0.6 is 0 Å². The summed E-state index contributed by atoms with van der Waals surface area (Å²) in [6.45, 7) is 6.22. The molecule has 2 aliphatic heterocycles. The van der Waals surface area contributed by atoms with E-state index in [9.17, 15) is 0 Å². The van der Waals surface area contributed by atoms with Crippen LogP contribution in [0.1, 0.15) is 12.8 Å². The Hall–Kier alpha value is -2.08. The molecular weight excluding hydrogens is 288 g/mol. The minimum atomic E-state index is 0.757. The number of piperazine rings is 1. The number of hydrogen-bond acceptors (Lipinski definition) is 6. The third-order valence-corrected chi connectivity index (χ3v) is 4.88. The van der Waals surface area contributed by atoms with E-state index in [1.807, 2.05) is 12.1 Å². The van der Waals surface area contributed by atoms with E-state index in [1.165, 1.54) is 12.8 Å². The maximum atomic E-state index is 5.98. The Bertz CT molecular complexity index is 702. The normalized spacial score (nSPS) is 19.7. The van der Waals surface area contributed by atoms with Crippen molar-refractivity contribution in [3.8, 4) is 0 Å². The molecule has 6 nitrogen and oxygen atoms in total. The second-order valence-electron chi connectivity index (χ2n) is 6.61. The summed E-state index contributed by atoms with van der Waals surface area (Å²) in [5.74, 6) is 1.92. The van der Waals surface area contributed by atoms with Crippen molar-refractivity contribution in [3.05, 3.63) is 18.2 Å². The monoisotopic (exact) mass is 312 g/mol. The molecule has 0 amide bonds. The molecule has 1 aromatic heterocycles. The molecule has 0 radical (unpaired) electrons. The first-order chi connectivity index (χ1) is 11.2. The number of nitrogens with zero attached hydrogens (tertiary/aromatic N) is 5. The maximum absolute atomic E-state index is 5.98. The van der Waals surface area contributed by atoms with Gasteiger partial charge in [-0.2, -0.15) is 4.98 Å². The molecule has 0 spiro atoms. The van der Waals surface area contributed by atoms with Crippen LogP contribution in [0.5, 0.6) is 0 Å². The van der Waals surface area contributed by atoms with Crippen molar-refractivity contribution in [3.63, 3.8) is 0 Å². The number of anilines is 3. The number of fused-ring (bicyclic) bond motifs is 1. The zero-order valence-corrected chi connectivity index (χ0v) is 13.7. The third kappa shape index (κ3) is 2.79. The molecule has 1 aromatic carbocycles. The molecular formula is C17H24N6. The van der Waals surface area contributed by atoms with Gasteiger partial charge in [0.25, 0.3) is 0 Å². The summed E-state index contributed by atoms with van der Waals surface area (Å²) < 4.78 is 0. The van der Waals surface area contributed by atoms with E-state index in [-0.39, 0.29) is 0 Å². The van der Waals surface area contributed by atoms with Crippen LogP contribution in [0.4, 0.5) is 17.5 Å². The van der Waals surface area contributed by atoms with Crippen molar-refractivity contribution < 1.29 is 0 Å². The Morgan fingerprint density at radius 2 is 1.65 bits per heavy atom. The molecule has 4 rings (SSSR count). The molecule has 2 N–H and O–H groups in total. The number of hydrogen-bond donors (Lipinski definition) is 1. The van der Waals surface area contributed by atoms with E-state index in [1.54, 1.807) is 0 Å². The van der Waals surface area contributed by atoms with Crippen LogP contribution in [0.15, 0.2) is 18.2 Å². The molecule has 0 aliphatic carbocycles. The first-order valence-corrected chi connectivity index (χ1v) is 8.46. The van der Waals surface area contributed by atoms with Gasteiger partial charge in [-0.15, -0.1) is 0 Å². The zero-order chi connectivity index (χ0) is 15.8. The summed E-state index contributed by atoms with van der Waals surface area (Å²) in [4.78, 5) is 16.8. The Kier molecular flexibility index (Phi) is 3.69. The predicted octanol–water partition coefficient (Wildman–Crippen LogP) is 1.56. The standard InChI is InChI=1S/C17H24N6/c1-21-8-10-23(11-9-21)17-19-15-12-13(18)4-5-14(15)16(20-17)22-6-2-3-7-22/h4-5,12H,2-3,6-11,18H2,1H3. The van der Waals surface area contributed by atoms with E-state index >= 15 is 0 Å². The van der Waals surface area contributed by atoms with Gasteiger partial charge in [-0.25, -0.2) is 4.98 Å². The van der Waals surface area contributed by atoms with Crippen LogP contribution < -0.4 is 15.5 Å². The largest absolute Gasteiger partial charge is 0.399 e. The van der Waals surface area contributed by atoms with E-state index in [4.69, 9.17) is 15.7 Å². The van der Waals surface area contributed by atoms with Gasteiger partial charge in [-0.3, -0.25) is 0 Å². The summed E-state index contributed by atoms with van der Waals surface area (Å²) in [7, 11) is 2.16. The smallest absolute Gasteiger partial charge is 0.227 e. The minimum Gasteiger partial charge on any atom is -0.399 e. The van der Waals surface area contributed by atoms with Crippen LogP contribution in [0, 0.1) is 0 Å². The summed E-state index contributed by atoms with van der Waals surface area (Å²) in [5.41, 5.74) is 7.69. The molecule has 3 heterocycles. The van der Waals surface area contributed by atoms with E-state index in [0.717, 1.165) is 67.6 Å². The Labute approximate surface area is 136 Å². The molecule has 0 bridgehead atoms. The van der Waals surface area contributed by atoms with Crippen molar-refractivity contribution >= 4 is 28.4 Å². The van der Waals surface area contributed by atoms with Crippen molar-refractivity contribution in [2.75, 3.05) is 61.8 Å². The SMILES string of the molecule is CN1CCN(c2nc(N3CCCC3)c3ccc(N)cc3n2)CC1. The molecule has 0 unspecified atom stereocenters. The minimum absolute atomic E-state index is 0.757. The average Bonchev–Trinajstić information content (AvgIpc) is 3.08. The Morgan fingerprint density at radius 1 is 0.913 bits per heavy atom. The maximum Gasteiger partial charge on any atom is 0.227 e. The Morgan fingerprint density at radius 3 is 2.39 bits per heavy atom. The number of nitrogen functional groups attached to an aromatic ring is 1. The zero-order valence-electron chi connectivity index (χ0n) is 13.7. The second kappa shape index (κ2) is 5.85. The van der Waals surface area contributed by atoms with Crippen LogP contribution in [0.25, 0.3) is 10.9 Å². The van der Waals surface area contributed by atoms with Gasteiger partial charge in [0.2, 0.25) is 5.95 Å². The van der Waals surface area contributed by atoms with Crippen molar-refractivity contribution in [2.24, 2.45) is 0 Å². The first-order valence-electron chi connectivity index (χ1n) is 8.46. The van der Waals surface area contributed by atoms with Crippen LogP contribution in [-0.2, 0) is 0 Å². The topological polar surface area (TPSA) is 61.5 Å². The van der Waals surface area contributed by atoms with Crippen molar-refractivity contribution in [2.45, 2.75) is 12.8 Å². The number of likely N-dealkylation sites (N-methyl/N-ethyl adjacent to an activating group) is 1. The molecule has 0 atom stereocenters. The van der Waals surface area contributed by atoms with Gasteiger partial charge in [0.15, 0.2) is 0 Å². The van der Waals surface area contributed by atoms with Gasteiger partial charge >= 0.3 is 0 Å². The van der Waals surface area contributed by atoms with Crippen LogP contribution in [-0.4, -0.2) is 61.2 Å². The van der Waals surface area contributed by atoms with Gasteiger partial charge in [0, 0.05) is 50.3 Å². The lowest BCUT2D eigenvalue weighted by Gasteiger charge is -2.33. The molecule has 2 aromatic rings. The molecule has 6 heteroatoms. The number of aromatic nitrogens is 2. The van der Waals surface area contributed by atoms with Gasteiger partial charge < -0.3 is 20.4 Å². The van der Waals surface area contributed by atoms with E-state index in [2.05, 4.69) is 27.8 Å². The Balaban J connectivity index is 1.78. The summed E-state index contributed by atoms with van der Waals surface area (Å²) in [6.07, 6.45) is 2.48. The molecule has 2 saturated heterocycles. The van der Waals surface area contributed by atoms with Gasteiger partial charge in [-0.05, 0) is 38.1 Å². The van der Waals surface area contributed by atoms with Gasteiger partial charge in [0.05, 0.1) is 5.52 Å². The summed E-state index contributed by atoms with van der Waals surface area (Å²) in [6, 6.07) is 5.98. The highest BCUT2D eigenvalue weighted by molar-refractivity contribution is 5.92. The van der Waals surface area contributed by atoms with Crippen molar-refractivity contribution in [1.82, 2.24) is 14.9 Å². The highest BCUT2D eigenvalue weighted by Crippen LogP contribution is 2.30. The van der Waals surface area contributed by atoms with Crippen LogP contribution in [0.2, 0.25) is 0 Å². The van der Waals surface area contributed by atoms with Crippen LogP contribution in [0.3, 0.4) is 0 Å².